The van der Waals surface area contributed by atoms with Gasteiger partial charge in [-0.05, 0) is 78.2 Å². The lowest BCUT2D eigenvalue weighted by Gasteiger charge is -2.12. The van der Waals surface area contributed by atoms with Crippen LogP contribution in [0.25, 0.3) is 6.08 Å². The minimum absolute atomic E-state index is 0.250. The van der Waals surface area contributed by atoms with Crippen LogP contribution in [0.4, 0.5) is 14.9 Å². The van der Waals surface area contributed by atoms with Crippen molar-refractivity contribution in [2.75, 3.05) is 18.5 Å². The van der Waals surface area contributed by atoms with Crippen LogP contribution in [0.1, 0.15) is 17.5 Å². The van der Waals surface area contributed by atoms with Crippen molar-refractivity contribution >= 4 is 52.2 Å². The second-order valence-electron chi connectivity index (χ2n) is 7.96. The first kappa shape index (κ1) is 25.5. The van der Waals surface area contributed by atoms with Crippen LogP contribution in [-0.2, 0) is 16.0 Å². The number of imide groups is 1. The van der Waals surface area contributed by atoms with E-state index in [0.717, 1.165) is 23.7 Å². The molecule has 0 bridgehead atoms. The molecule has 9 heteroatoms. The molecule has 1 aliphatic heterocycles. The summed E-state index contributed by atoms with van der Waals surface area (Å²) in [7, 11) is 0. The van der Waals surface area contributed by atoms with Gasteiger partial charge in [0.2, 0.25) is 0 Å². The number of hydrogen-bond acceptors (Lipinski definition) is 5. The molecule has 1 N–H and O–H groups in total. The van der Waals surface area contributed by atoms with Crippen molar-refractivity contribution in [3.63, 3.8) is 0 Å². The molecule has 1 saturated heterocycles. The standard InChI is InChI=1S/C27H22ClFN2O4S/c28-22-15-19(8-13-23(22)35-17-25(32)30-21-11-9-20(29)10-12-21)16-24-26(33)31(27(34)36-24)14-4-7-18-5-2-1-3-6-18/h1-3,5-6,8-13,15-16H,4,7,14,17H2,(H,30,32)/b24-16+. The molecule has 1 heterocycles. The lowest BCUT2D eigenvalue weighted by molar-refractivity contribution is -0.122. The summed E-state index contributed by atoms with van der Waals surface area (Å²) in [5.41, 5.74) is 2.23. The van der Waals surface area contributed by atoms with Gasteiger partial charge in [-0.2, -0.15) is 0 Å². The molecule has 0 atom stereocenters. The van der Waals surface area contributed by atoms with Crippen molar-refractivity contribution in [2.45, 2.75) is 12.8 Å². The minimum Gasteiger partial charge on any atom is -0.482 e. The number of nitrogens with one attached hydrogen (secondary N) is 1. The fourth-order valence-electron chi connectivity index (χ4n) is 3.53. The predicted molar refractivity (Wildman–Crippen MR) is 139 cm³/mol. The van der Waals surface area contributed by atoms with E-state index in [9.17, 15) is 18.8 Å². The van der Waals surface area contributed by atoms with Crippen molar-refractivity contribution in [3.05, 3.63) is 99.7 Å². The highest BCUT2D eigenvalue weighted by atomic mass is 35.5. The highest BCUT2D eigenvalue weighted by Gasteiger charge is 2.34. The Hall–Kier alpha value is -3.62. The lowest BCUT2D eigenvalue weighted by atomic mass is 10.1. The Bertz CT molecular complexity index is 1300. The van der Waals surface area contributed by atoms with E-state index in [0.29, 0.717) is 29.1 Å². The molecule has 0 spiro atoms. The topological polar surface area (TPSA) is 75.7 Å². The average Bonchev–Trinajstić information content (AvgIpc) is 3.13. The normalized spacial score (nSPS) is 14.4. The van der Waals surface area contributed by atoms with Gasteiger partial charge in [-0.15, -0.1) is 0 Å². The Morgan fingerprint density at radius 1 is 1.06 bits per heavy atom. The molecule has 0 radical (unpaired) electrons. The van der Waals surface area contributed by atoms with E-state index in [4.69, 9.17) is 16.3 Å². The molecule has 36 heavy (non-hydrogen) atoms. The molecule has 184 valence electrons. The predicted octanol–water partition coefficient (Wildman–Crippen LogP) is 6.17. The molecule has 1 fully saturated rings. The summed E-state index contributed by atoms with van der Waals surface area (Å²) in [6, 6.07) is 20.1. The first-order valence-electron chi connectivity index (χ1n) is 11.2. The van der Waals surface area contributed by atoms with Crippen LogP contribution in [0.15, 0.2) is 77.7 Å². The van der Waals surface area contributed by atoms with Gasteiger partial charge in [-0.25, -0.2) is 4.39 Å². The number of rotatable bonds is 9. The van der Waals surface area contributed by atoms with E-state index in [2.05, 4.69) is 5.32 Å². The van der Waals surface area contributed by atoms with Gasteiger partial charge in [0.15, 0.2) is 6.61 Å². The van der Waals surface area contributed by atoms with E-state index < -0.39 is 11.7 Å². The fraction of sp³-hybridized carbons (Fsp3) is 0.148. The first-order chi connectivity index (χ1) is 17.4. The maximum Gasteiger partial charge on any atom is 0.293 e. The molecule has 1 aliphatic rings. The molecule has 0 aliphatic carbocycles. The Labute approximate surface area is 217 Å². The largest absolute Gasteiger partial charge is 0.482 e. The molecule has 0 aromatic heterocycles. The van der Waals surface area contributed by atoms with Crippen LogP contribution in [0.2, 0.25) is 5.02 Å². The van der Waals surface area contributed by atoms with Gasteiger partial charge < -0.3 is 10.1 Å². The summed E-state index contributed by atoms with van der Waals surface area (Å²) in [6.45, 7) is 0.0583. The third-order valence-electron chi connectivity index (χ3n) is 5.30. The zero-order chi connectivity index (χ0) is 25.5. The van der Waals surface area contributed by atoms with Gasteiger partial charge in [-0.1, -0.05) is 48.0 Å². The van der Waals surface area contributed by atoms with Gasteiger partial charge >= 0.3 is 0 Å². The van der Waals surface area contributed by atoms with Crippen LogP contribution in [0.3, 0.4) is 0 Å². The SMILES string of the molecule is O=C(COc1ccc(/C=C2/SC(=O)N(CCCc3ccccc3)C2=O)cc1Cl)Nc1ccc(F)cc1. The second kappa shape index (κ2) is 11.9. The van der Waals surface area contributed by atoms with E-state index in [1.165, 1.54) is 29.2 Å². The third-order valence-corrected chi connectivity index (χ3v) is 6.51. The second-order valence-corrected chi connectivity index (χ2v) is 9.36. The number of thioether (sulfide) groups is 1. The van der Waals surface area contributed by atoms with E-state index in [1.54, 1.807) is 24.3 Å². The number of aryl methyl sites for hydroxylation is 1. The number of carbonyl (C=O) groups excluding carboxylic acids is 3. The van der Waals surface area contributed by atoms with Crippen LogP contribution in [0, 0.1) is 5.82 Å². The van der Waals surface area contributed by atoms with Crippen molar-refractivity contribution in [1.29, 1.82) is 0 Å². The Morgan fingerprint density at radius 2 is 1.81 bits per heavy atom. The highest BCUT2D eigenvalue weighted by molar-refractivity contribution is 8.18. The Morgan fingerprint density at radius 3 is 2.53 bits per heavy atom. The smallest absolute Gasteiger partial charge is 0.293 e. The minimum atomic E-state index is -0.428. The van der Waals surface area contributed by atoms with Gasteiger partial charge in [0.25, 0.3) is 17.1 Å². The van der Waals surface area contributed by atoms with Crippen molar-refractivity contribution in [1.82, 2.24) is 4.90 Å². The molecule has 6 nitrogen and oxygen atoms in total. The van der Waals surface area contributed by atoms with Crippen LogP contribution in [0.5, 0.6) is 5.75 Å². The monoisotopic (exact) mass is 524 g/mol. The molecular formula is C27H22ClFN2O4S. The maximum absolute atomic E-state index is 13.0. The number of nitrogens with zero attached hydrogens (tertiary/aromatic N) is 1. The summed E-state index contributed by atoms with van der Waals surface area (Å²) < 4.78 is 18.5. The van der Waals surface area contributed by atoms with Gasteiger partial charge in [0, 0.05) is 12.2 Å². The summed E-state index contributed by atoms with van der Waals surface area (Å²) in [4.78, 5) is 38.8. The summed E-state index contributed by atoms with van der Waals surface area (Å²) >= 11 is 7.20. The van der Waals surface area contributed by atoms with Gasteiger partial charge in [0.05, 0.1) is 9.93 Å². The molecular weight excluding hydrogens is 503 g/mol. The van der Waals surface area contributed by atoms with Gasteiger partial charge in [0.1, 0.15) is 11.6 Å². The van der Waals surface area contributed by atoms with E-state index >= 15 is 0 Å². The highest BCUT2D eigenvalue weighted by Crippen LogP contribution is 2.34. The van der Waals surface area contributed by atoms with E-state index in [1.807, 2.05) is 30.3 Å². The first-order valence-corrected chi connectivity index (χ1v) is 12.4. The van der Waals surface area contributed by atoms with Crippen LogP contribution < -0.4 is 10.1 Å². The maximum atomic E-state index is 13.0. The average molecular weight is 525 g/mol. The number of benzene rings is 3. The number of halogens is 2. The molecule has 0 saturated carbocycles. The number of anilines is 1. The number of amides is 3. The molecule has 3 aromatic rings. The summed E-state index contributed by atoms with van der Waals surface area (Å²) in [5, 5.41) is 2.55. The van der Waals surface area contributed by atoms with Crippen molar-refractivity contribution < 1.29 is 23.5 Å². The van der Waals surface area contributed by atoms with Crippen LogP contribution >= 0.6 is 23.4 Å². The Balaban J connectivity index is 1.32. The number of hydrogen-bond donors (Lipinski definition) is 1. The molecule has 0 unspecified atom stereocenters. The fourth-order valence-corrected chi connectivity index (χ4v) is 4.64. The number of carbonyl (C=O) groups is 3. The van der Waals surface area contributed by atoms with Crippen molar-refractivity contribution in [3.8, 4) is 5.75 Å². The van der Waals surface area contributed by atoms with E-state index in [-0.39, 0.29) is 28.5 Å². The Kier molecular flexibility index (Phi) is 8.40. The zero-order valence-electron chi connectivity index (χ0n) is 19.1. The molecule has 4 rings (SSSR count). The molecule has 3 aromatic carbocycles. The summed E-state index contributed by atoms with van der Waals surface area (Å²) in [5.74, 6) is -0.865. The van der Waals surface area contributed by atoms with Crippen LogP contribution in [-0.4, -0.2) is 35.1 Å². The zero-order valence-corrected chi connectivity index (χ0v) is 20.7. The molecule has 3 amide bonds. The third kappa shape index (κ3) is 6.74. The van der Waals surface area contributed by atoms with Crippen molar-refractivity contribution in [2.24, 2.45) is 0 Å². The number of ether oxygens (including phenoxy) is 1. The quantitative estimate of drug-likeness (QED) is 0.339. The summed E-state index contributed by atoms with van der Waals surface area (Å²) in [6.07, 6.45) is 3.07. The lowest BCUT2D eigenvalue weighted by Crippen LogP contribution is -2.29. The van der Waals surface area contributed by atoms with Gasteiger partial charge in [-0.3, -0.25) is 19.3 Å².